The Labute approximate surface area is 127 Å². The van der Waals surface area contributed by atoms with E-state index in [0.29, 0.717) is 5.88 Å². The lowest BCUT2D eigenvalue weighted by Crippen LogP contribution is -2.32. The van der Waals surface area contributed by atoms with Crippen LogP contribution in [-0.4, -0.2) is 15.4 Å². The Kier molecular flexibility index (Phi) is 4.15. The Balaban J connectivity index is 2.58. The summed E-state index contributed by atoms with van der Waals surface area (Å²) in [6, 6.07) is 8.36. The van der Waals surface area contributed by atoms with Gasteiger partial charge in [0.15, 0.2) is 0 Å². The first-order valence-electron chi connectivity index (χ1n) is 7.27. The van der Waals surface area contributed by atoms with Gasteiger partial charge < -0.3 is 4.57 Å². The van der Waals surface area contributed by atoms with Crippen molar-refractivity contribution in [1.82, 2.24) is 9.55 Å². The number of nitrogens with zero attached hydrogens (tertiary/aromatic N) is 2. The van der Waals surface area contributed by atoms with Crippen LogP contribution in [0.1, 0.15) is 46.9 Å². The second-order valence-electron chi connectivity index (χ2n) is 7.34. The van der Waals surface area contributed by atoms with E-state index in [1.54, 1.807) is 0 Å². The van der Waals surface area contributed by atoms with Crippen LogP contribution in [0.3, 0.4) is 0 Å². The molecule has 2 aromatic rings. The first kappa shape index (κ1) is 15.4. The molecule has 0 unspecified atom stereocenters. The monoisotopic (exact) mass is 292 g/mol. The van der Waals surface area contributed by atoms with Gasteiger partial charge in [0.05, 0.1) is 11.0 Å². The van der Waals surface area contributed by atoms with E-state index in [0.717, 1.165) is 24.2 Å². The lowest BCUT2D eigenvalue weighted by Gasteiger charge is -2.35. The number of rotatable bonds is 4. The third-order valence-electron chi connectivity index (χ3n) is 3.52. The summed E-state index contributed by atoms with van der Waals surface area (Å²) in [5.74, 6) is 1.70. The minimum atomic E-state index is 0.0236. The van der Waals surface area contributed by atoms with Crippen LogP contribution in [0.2, 0.25) is 0 Å². The van der Waals surface area contributed by atoms with Gasteiger partial charge in [-0.1, -0.05) is 32.9 Å². The van der Waals surface area contributed by atoms with E-state index < -0.39 is 0 Å². The molecule has 0 spiro atoms. The van der Waals surface area contributed by atoms with Crippen LogP contribution < -0.4 is 0 Å². The molecule has 110 valence electrons. The third kappa shape index (κ3) is 3.17. The van der Waals surface area contributed by atoms with Crippen molar-refractivity contribution >= 4 is 22.6 Å². The highest BCUT2D eigenvalue weighted by molar-refractivity contribution is 6.17. The van der Waals surface area contributed by atoms with E-state index >= 15 is 0 Å². The number of hydrogen-bond acceptors (Lipinski definition) is 1. The second kappa shape index (κ2) is 5.40. The minimum Gasteiger partial charge on any atom is -0.322 e. The molecule has 1 aromatic heterocycles. The number of hydrogen-bond donors (Lipinski definition) is 0. The zero-order chi connectivity index (χ0) is 15.0. The minimum absolute atomic E-state index is 0.0236. The Bertz CT molecular complexity index is 591. The van der Waals surface area contributed by atoms with Crippen molar-refractivity contribution in [2.75, 3.05) is 5.88 Å². The molecule has 0 aliphatic heterocycles. The summed E-state index contributed by atoms with van der Waals surface area (Å²) in [7, 11) is 0. The summed E-state index contributed by atoms with van der Waals surface area (Å²) in [4.78, 5) is 4.78. The van der Waals surface area contributed by atoms with Gasteiger partial charge in [-0.25, -0.2) is 4.98 Å². The quantitative estimate of drug-likeness (QED) is 0.726. The third-order valence-corrected chi connectivity index (χ3v) is 3.71. The van der Waals surface area contributed by atoms with Crippen LogP contribution in [0.5, 0.6) is 0 Å². The van der Waals surface area contributed by atoms with Gasteiger partial charge in [-0.05, 0) is 37.8 Å². The van der Waals surface area contributed by atoms with Crippen LogP contribution in [0.4, 0.5) is 0 Å². The molecule has 0 aliphatic carbocycles. The fraction of sp³-hybridized carbons (Fsp3) is 0.588. The molecule has 1 heterocycles. The topological polar surface area (TPSA) is 17.8 Å². The van der Waals surface area contributed by atoms with Crippen LogP contribution in [0.15, 0.2) is 24.3 Å². The number of imidazole rings is 1. The number of para-hydroxylation sites is 2. The molecule has 0 saturated heterocycles. The zero-order valence-electron chi connectivity index (χ0n) is 13.2. The smallest absolute Gasteiger partial charge is 0.111 e. The molecule has 0 N–H and O–H groups in total. The molecule has 0 amide bonds. The van der Waals surface area contributed by atoms with Gasteiger partial charge in [0, 0.05) is 17.8 Å². The molecule has 1 aromatic carbocycles. The van der Waals surface area contributed by atoms with Crippen molar-refractivity contribution in [3.63, 3.8) is 0 Å². The average molecular weight is 293 g/mol. The van der Waals surface area contributed by atoms with Gasteiger partial charge in [-0.15, -0.1) is 11.6 Å². The van der Waals surface area contributed by atoms with E-state index in [1.807, 2.05) is 6.07 Å². The van der Waals surface area contributed by atoms with Gasteiger partial charge >= 0.3 is 0 Å². The zero-order valence-corrected chi connectivity index (χ0v) is 14.0. The van der Waals surface area contributed by atoms with Crippen molar-refractivity contribution in [2.24, 2.45) is 5.41 Å². The van der Waals surface area contributed by atoms with Crippen LogP contribution in [0, 0.1) is 5.41 Å². The Morgan fingerprint density at radius 3 is 2.35 bits per heavy atom. The van der Waals surface area contributed by atoms with Crippen molar-refractivity contribution in [3.05, 3.63) is 30.1 Å². The van der Waals surface area contributed by atoms with E-state index in [4.69, 9.17) is 16.6 Å². The molecule has 0 aliphatic rings. The van der Waals surface area contributed by atoms with Gasteiger partial charge in [-0.3, -0.25) is 0 Å². The highest BCUT2D eigenvalue weighted by Gasteiger charge is 2.30. The van der Waals surface area contributed by atoms with Crippen LogP contribution >= 0.6 is 11.6 Å². The standard InChI is InChI=1S/C17H25ClN2/c1-16(2,3)12-17(4,5)20-14-9-7-6-8-13(14)19-15(20)10-11-18/h6-9H,10-12H2,1-5H3. The molecule has 2 nitrogen and oxygen atoms in total. The summed E-state index contributed by atoms with van der Waals surface area (Å²) in [5.41, 5.74) is 2.57. The van der Waals surface area contributed by atoms with E-state index in [-0.39, 0.29) is 11.0 Å². The van der Waals surface area contributed by atoms with Crippen molar-refractivity contribution in [1.29, 1.82) is 0 Å². The van der Waals surface area contributed by atoms with Gasteiger partial charge in [0.1, 0.15) is 5.82 Å². The first-order valence-corrected chi connectivity index (χ1v) is 7.81. The van der Waals surface area contributed by atoms with Crippen LogP contribution in [-0.2, 0) is 12.0 Å². The average Bonchev–Trinajstić information content (AvgIpc) is 2.64. The molecule has 0 fully saturated rings. The van der Waals surface area contributed by atoms with Crippen molar-refractivity contribution in [3.8, 4) is 0 Å². The maximum atomic E-state index is 5.97. The first-order chi connectivity index (χ1) is 9.24. The fourth-order valence-corrected chi connectivity index (χ4v) is 3.55. The summed E-state index contributed by atoms with van der Waals surface area (Å²) >= 11 is 5.97. The highest BCUT2D eigenvalue weighted by Crippen LogP contribution is 2.35. The largest absolute Gasteiger partial charge is 0.322 e. The van der Waals surface area contributed by atoms with E-state index in [2.05, 4.69) is 57.4 Å². The maximum absolute atomic E-state index is 5.97. The molecule has 0 saturated carbocycles. The molecule has 0 bridgehead atoms. The lowest BCUT2D eigenvalue weighted by atomic mass is 9.81. The number of alkyl halides is 1. The summed E-state index contributed by atoms with van der Waals surface area (Å²) in [5, 5.41) is 0. The number of fused-ring (bicyclic) bond motifs is 1. The van der Waals surface area contributed by atoms with Crippen LogP contribution in [0.25, 0.3) is 11.0 Å². The van der Waals surface area contributed by atoms with Gasteiger partial charge in [0.25, 0.3) is 0 Å². The summed E-state index contributed by atoms with van der Waals surface area (Å²) < 4.78 is 2.38. The maximum Gasteiger partial charge on any atom is 0.111 e. The molecular formula is C17H25ClN2. The number of benzene rings is 1. The van der Waals surface area contributed by atoms with E-state index in [1.165, 1.54) is 5.52 Å². The number of aromatic nitrogens is 2. The highest BCUT2D eigenvalue weighted by atomic mass is 35.5. The molecule has 20 heavy (non-hydrogen) atoms. The Morgan fingerprint density at radius 2 is 1.75 bits per heavy atom. The van der Waals surface area contributed by atoms with Crippen molar-refractivity contribution < 1.29 is 0 Å². The lowest BCUT2D eigenvalue weighted by molar-refractivity contribution is 0.215. The van der Waals surface area contributed by atoms with Gasteiger partial charge in [0.2, 0.25) is 0 Å². The normalized spacial score (nSPS) is 13.1. The Morgan fingerprint density at radius 1 is 1.10 bits per heavy atom. The van der Waals surface area contributed by atoms with Gasteiger partial charge in [-0.2, -0.15) is 0 Å². The SMILES string of the molecule is CC(C)(C)CC(C)(C)n1c(CCCl)nc2ccccc21. The van der Waals surface area contributed by atoms with E-state index in [9.17, 15) is 0 Å². The molecule has 3 heteroatoms. The summed E-state index contributed by atoms with van der Waals surface area (Å²) in [6.45, 7) is 11.5. The number of aryl methyl sites for hydroxylation is 1. The number of halogens is 1. The van der Waals surface area contributed by atoms with Crippen molar-refractivity contribution in [2.45, 2.75) is 53.0 Å². The second-order valence-corrected chi connectivity index (χ2v) is 7.72. The fourth-order valence-electron chi connectivity index (χ4n) is 3.38. The summed E-state index contributed by atoms with van der Waals surface area (Å²) in [6.07, 6.45) is 1.90. The molecule has 0 radical (unpaired) electrons. The molecular weight excluding hydrogens is 268 g/mol. The predicted molar refractivity (Wildman–Crippen MR) is 87.6 cm³/mol. The Hall–Kier alpha value is -1.02. The molecule has 0 atom stereocenters. The predicted octanol–water partition coefficient (Wildman–Crippen LogP) is 4.99. The molecule has 2 rings (SSSR count).